The Morgan fingerprint density at radius 3 is 2.44 bits per heavy atom. The second kappa shape index (κ2) is 9.32. The number of urea groups is 1. The molecule has 0 bridgehead atoms. The summed E-state index contributed by atoms with van der Waals surface area (Å²) in [4.78, 5) is 42.6. The summed E-state index contributed by atoms with van der Waals surface area (Å²) < 4.78 is 38.2. The number of aryl methyl sites for hydroxylation is 1. The van der Waals surface area contributed by atoms with E-state index in [0.717, 1.165) is 35.5 Å². The maximum Gasteiger partial charge on any atom is 0.416 e. The number of anilines is 2. The average Bonchev–Trinajstić information content (AvgIpc) is 3.29. The predicted molar refractivity (Wildman–Crippen MR) is 116 cm³/mol. The molecular formula is C23H23F3N4O4. The first kappa shape index (κ1) is 23.5. The van der Waals surface area contributed by atoms with Crippen molar-refractivity contribution in [3.63, 3.8) is 0 Å². The van der Waals surface area contributed by atoms with Crippen LogP contribution in [0.4, 0.5) is 29.5 Å². The molecule has 180 valence electrons. The first-order valence-corrected chi connectivity index (χ1v) is 10.9. The maximum absolute atomic E-state index is 12.9. The Morgan fingerprint density at radius 2 is 1.76 bits per heavy atom. The number of rotatable bonds is 4. The number of amides is 3. The number of likely N-dealkylation sites (tertiary alicyclic amines) is 1. The van der Waals surface area contributed by atoms with Crippen LogP contribution in [0.1, 0.15) is 36.1 Å². The fourth-order valence-corrected chi connectivity index (χ4v) is 4.32. The van der Waals surface area contributed by atoms with Crippen LogP contribution in [0.3, 0.4) is 0 Å². The number of carbonyl (C=O) groups is 3. The third kappa shape index (κ3) is 5.13. The third-order valence-corrected chi connectivity index (χ3v) is 6.14. The zero-order valence-electron chi connectivity index (χ0n) is 18.1. The molecule has 8 nitrogen and oxygen atoms in total. The number of hydrogen-bond acceptors (Lipinski definition) is 4. The van der Waals surface area contributed by atoms with Gasteiger partial charge in [-0.3, -0.25) is 9.59 Å². The standard InChI is InChI=1S/C23H23F3N4O4/c24-23(25,26)15-5-7-16(8-6-15)27-22(34)30-11-1-2-18(30)20(31)29-19-10-4-13-12-14(21(32)33)3-9-17(13)28-19/h4-8,10,14,18H,1-3,9,11-12H2,(H,27,34)(H,32,33)(H,28,29,31)/t14?,18-/m1/s1. The molecule has 4 rings (SSSR count). The van der Waals surface area contributed by atoms with Crippen molar-refractivity contribution >= 4 is 29.4 Å². The van der Waals surface area contributed by atoms with Gasteiger partial charge in [0.1, 0.15) is 11.9 Å². The topological polar surface area (TPSA) is 112 Å². The number of hydrogen-bond donors (Lipinski definition) is 3. The smallest absolute Gasteiger partial charge is 0.416 e. The Labute approximate surface area is 193 Å². The first-order valence-electron chi connectivity index (χ1n) is 10.9. The largest absolute Gasteiger partial charge is 0.481 e. The van der Waals surface area contributed by atoms with Gasteiger partial charge in [-0.2, -0.15) is 13.2 Å². The summed E-state index contributed by atoms with van der Waals surface area (Å²) in [6, 6.07) is 6.14. The molecule has 1 saturated heterocycles. The molecule has 1 fully saturated rings. The Morgan fingerprint density at radius 1 is 1.03 bits per heavy atom. The predicted octanol–water partition coefficient (Wildman–Crippen LogP) is 3.92. The second-order valence-corrected chi connectivity index (χ2v) is 8.43. The third-order valence-electron chi connectivity index (χ3n) is 6.14. The number of alkyl halides is 3. The molecule has 0 saturated carbocycles. The van der Waals surface area contributed by atoms with Gasteiger partial charge in [-0.1, -0.05) is 6.07 Å². The van der Waals surface area contributed by atoms with Crippen LogP contribution in [0.5, 0.6) is 0 Å². The summed E-state index contributed by atoms with van der Waals surface area (Å²) in [7, 11) is 0. The van der Waals surface area contributed by atoms with Crippen molar-refractivity contribution in [1.29, 1.82) is 0 Å². The van der Waals surface area contributed by atoms with E-state index < -0.39 is 41.6 Å². The van der Waals surface area contributed by atoms with E-state index >= 15 is 0 Å². The molecule has 2 aromatic rings. The van der Waals surface area contributed by atoms with Crippen molar-refractivity contribution < 1.29 is 32.7 Å². The summed E-state index contributed by atoms with van der Waals surface area (Å²) in [6.45, 7) is 0.332. The fraction of sp³-hybridized carbons (Fsp3) is 0.391. The SMILES string of the molecule is O=C(O)C1CCc2nc(NC(=O)[C@H]3CCCN3C(=O)Nc3ccc(C(F)(F)F)cc3)ccc2C1. The molecule has 1 aliphatic carbocycles. The maximum atomic E-state index is 12.9. The number of carbonyl (C=O) groups excluding carboxylic acids is 2. The van der Waals surface area contributed by atoms with Crippen molar-refractivity contribution in [2.24, 2.45) is 5.92 Å². The molecule has 2 aliphatic rings. The number of carboxylic acid groups (broad SMARTS) is 1. The quantitative estimate of drug-likeness (QED) is 0.619. The van der Waals surface area contributed by atoms with Crippen LogP contribution in [0.2, 0.25) is 0 Å². The van der Waals surface area contributed by atoms with Gasteiger partial charge in [0.25, 0.3) is 0 Å². The molecule has 2 heterocycles. The Bertz CT molecular complexity index is 1100. The molecule has 1 aliphatic heterocycles. The summed E-state index contributed by atoms with van der Waals surface area (Å²) in [5.41, 5.74) is 0.966. The normalized spacial score (nSPS) is 19.9. The van der Waals surface area contributed by atoms with Crippen LogP contribution in [-0.2, 0) is 28.6 Å². The van der Waals surface area contributed by atoms with Crippen LogP contribution in [0.15, 0.2) is 36.4 Å². The molecule has 34 heavy (non-hydrogen) atoms. The van der Waals surface area contributed by atoms with Crippen molar-refractivity contribution in [1.82, 2.24) is 9.88 Å². The Kier molecular flexibility index (Phi) is 6.45. The van der Waals surface area contributed by atoms with Gasteiger partial charge in [-0.15, -0.1) is 0 Å². The van der Waals surface area contributed by atoms with Gasteiger partial charge in [0.05, 0.1) is 11.5 Å². The fourth-order valence-electron chi connectivity index (χ4n) is 4.32. The summed E-state index contributed by atoms with van der Waals surface area (Å²) >= 11 is 0. The van der Waals surface area contributed by atoms with Gasteiger partial charge in [0.15, 0.2) is 0 Å². The summed E-state index contributed by atoms with van der Waals surface area (Å²) in [5, 5.41) is 14.5. The zero-order valence-corrected chi connectivity index (χ0v) is 18.1. The van der Waals surface area contributed by atoms with E-state index in [1.54, 1.807) is 12.1 Å². The molecular weight excluding hydrogens is 453 g/mol. The van der Waals surface area contributed by atoms with Crippen LogP contribution in [0, 0.1) is 5.92 Å². The van der Waals surface area contributed by atoms with Gasteiger partial charge in [-0.25, -0.2) is 9.78 Å². The average molecular weight is 476 g/mol. The van der Waals surface area contributed by atoms with Gasteiger partial charge < -0.3 is 20.6 Å². The van der Waals surface area contributed by atoms with Crippen molar-refractivity contribution in [3.05, 3.63) is 53.2 Å². The van der Waals surface area contributed by atoms with Crippen LogP contribution in [0.25, 0.3) is 0 Å². The highest BCUT2D eigenvalue weighted by Gasteiger charge is 2.35. The molecule has 3 N–H and O–H groups in total. The van der Waals surface area contributed by atoms with E-state index in [0.29, 0.717) is 44.5 Å². The van der Waals surface area contributed by atoms with E-state index in [2.05, 4.69) is 15.6 Å². The number of halogens is 3. The monoisotopic (exact) mass is 476 g/mol. The minimum absolute atomic E-state index is 0.195. The van der Waals surface area contributed by atoms with Crippen LogP contribution >= 0.6 is 0 Å². The van der Waals surface area contributed by atoms with Crippen molar-refractivity contribution in [3.8, 4) is 0 Å². The lowest BCUT2D eigenvalue weighted by Gasteiger charge is -2.25. The number of aliphatic carboxylic acids is 1. The molecule has 3 amide bonds. The highest BCUT2D eigenvalue weighted by atomic mass is 19.4. The highest BCUT2D eigenvalue weighted by molar-refractivity contribution is 5.99. The minimum atomic E-state index is -4.47. The lowest BCUT2D eigenvalue weighted by Crippen LogP contribution is -2.45. The summed E-state index contributed by atoms with van der Waals surface area (Å²) in [5.74, 6) is -1.36. The van der Waals surface area contributed by atoms with E-state index in [-0.39, 0.29) is 5.69 Å². The van der Waals surface area contributed by atoms with E-state index in [1.807, 2.05) is 0 Å². The van der Waals surface area contributed by atoms with Crippen LogP contribution in [-0.4, -0.2) is 45.5 Å². The summed E-state index contributed by atoms with van der Waals surface area (Å²) in [6.07, 6.45) is -2.05. The second-order valence-electron chi connectivity index (χ2n) is 8.43. The van der Waals surface area contributed by atoms with E-state index in [1.165, 1.54) is 4.90 Å². The number of carboxylic acids is 1. The molecule has 1 aromatic heterocycles. The molecule has 0 radical (unpaired) electrons. The zero-order chi connectivity index (χ0) is 24.5. The molecule has 2 atom stereocenters. The van der Waals surface area contributed by atoms with Gasteiger partial charge in [-0.05, 0) is 68.0 Å². The number of benzene rings is 1. The highest BCUT2D eigenvalue weighted by Crippen LogP contribution is 2.30. The Hall–Kier alpha value is -3.63. The van der Waals surface area contributed by atoms with Gasteiger partial charge in [0, 0.05) is 17.9 Å². The Balaban J connectivity index is 1.39. The minimum Gasteiger partial charge on any atom is -0.481 e. The van der Waals surface area contributed by atoms with E-state index in [4.69, 9.17) is 0 Å². The van der Waals surface area contributed by atoms with Gasteiger partial charge in [0.2, 0.25) is 5.91 Å². The number of aromatic nitrogens is 1. The molecule has 1 aromatic carbocycles. The number of fused-ring (bicyclic) bond motifs is 1. The van der Waals surface area contributed by atoms with E-state index in [9.17, 15) is 32.7 Å². The molecule has 11 heteroatoms. The number of nitrogens with one attached hydrogen (secondary N) is 2. The lowest BCUT2D eigenvalue weighted by molar-refractivity contribution is -0.142. The van der Waals surface area contributed by atoms with Crippen molar-refractivity contribution in [2.45, 2.75) is 44.3 Å². The van der Waals surface area contributed by atoms with Crippen LogP contribution < -0.4 is 10.6 Å². The lowest BCUT2D eigenvalue weighted by atomic mass is 9.87. The molecule has 1 unspecified atom stereocenters. The van der Waals surface area contributed by atoms with Gasteiger partial charge >= 0.3 is 18.2 Å². The molecule has 0 spiro atoms. The number of pyridine rings is 1. The first-order chi connectivity index (χ1) is 16.1. The van der Waals surface area contributed by atoms with Crippen molar-refractivity contribution in [2.75, 3.05) is 17.2 Å². The number of nitrogens with zero attached hydrogens (tertiary/aromatic N) is 2.